The SMILES string of the molecule is COCCOc1ccc(C#N)c(-c2cc(C(CNC3CCC(NC(=O)OC(C)(C)C)CC3)c3ccccc3)c(Cl)cc2Cl)c1F. The van der Waals surface area contributed by atoms with Crippen molar-refractivity contribution in [1.82, 2.24) is 10.6 Å². The van der Waals surface area contributed by atoms with Crippen LogP contribution in [0, 0.1) is 17.1 Å². The molecule has 3 aromatic rings. The summed E-state index contributed by atoms with van der Waals surface area (Å²) < 4.78 is 31.9. The minimum atomic E-state index is -0.675. The highest BCUT2D eigenvalue weighted by Crippen LogP contribution is 2.42. The van der Waals surface area contributed by atoms with Gasteiger partial charge < -0.3 is 24.8 Å². The average molecular weight is 657 g/mol. The zero-order valence-electron chi connectivity index (χ0n) is 26.1. The molecular weight excluding hydrogens is 616 g/mol. The van der Waals surface area contributed by atoms with E-state index in [-0.39, 0.29) is 59.2 Å². The first kappa shape index (κ1) is 34.5. The predicted molar refractivity (Wildman–Crippen MR) is 176 cm³/mol. The van der Waals surface area contributed by atoms with Gasteiger partial charge in [0.2, 0.25) is 0 Å². The van der Waals surface area contributed by atoms with Gasteiger partial charge in [-0.1, -0.05) is 53.5 Å². The molecular formula is C35H40Cl2FN3O4. The maximum atomic E-state index is 15.9. The maximum Gasteiger partial charge on any atom is 0.407 e. The van der Waals surface area contributed by atoms with Gasteiger partial charge in [0.25, 0.3) is 0 Å². The van der Waals surface area contributed by atoms with Crippen LogP contribution in [0.5, 0.6) is 5.75 Å². The van der Waals surface area contributed by atoms with Crippen LogP contribution < -0.4 is 15.4 Å². The largest absolute Gasteiger partial charge is 0.488 e. The zero-order chi connectivity index (χ0) is 32.6. The van der Waals surface area contributed by atoms with Crippen LogP contribution in [-0.4, -0.2) is 50.6 Å². The number of carbonyl (C=O) groups is 1. The molecule has 0 aromatic heterocycles. The van der Waals surface area contributed by atoms with E-state index < -0.39 is 11.4 Å². The van der Waals surface area contributed by atoms with Gasteiger partial charge in [0.05, 0.1) is 23.3 Å². The second-order valence-electron chi connectivity index (χ2n) is 12.2. The van der Waals surface area contributed by atoms with E-state index in [1.807, 2.05) is 51.1 Å². The van der Waals surface area contributed by atoms with Gasteiger partial charge in [-0.15, -0.1) is 0 Å². The standard InChI is InChI=1S/C35H40Cl2FN3O4/c1-35(2,3)45-34(42)41-25-13-11-24(12-14-25)40-21-28(22-8-6-5-7-9-22)26-18-27(30(37)19-29(26)36)32-23(20-39)10-15-31(33(32)38)44-17-16-43-4/h5-10,15,18-19,24-25,28,40H,11-14,16-17,21H2,1-4H3,(H,41,42). The molecule has 2 N–H and O–H groups in total. The molecule has 7 nitrogen and oxygen atoms in total. The molecule has 0 bridgehead atoms. The number of hydrogen-bond acceptors (Lipinski definition) is 6. The Hall–Kier alpha value is -3.35. The Labute approximate surface area is 275 Å². The number of hydrogen-bond donors (Lipinski definition) is 2. The molecule has 0 aliphatic heterocycles. The predicted octanol–water partition coefficient (Wildman–Crippen LogP) is 8.25. The number of nitrogens with zero attached hydrogens (tertiary/aromatic N) is 1. The van der Waals surface area contributed by atoms with Crippen molar-refractivity contribution in [2.45, 2.75) is 70.1 Å². The third-order valence-corrected chi connectivity index (χ3v) is 8.40. The fourth-order valence-electron chi connectivity index (χ4n) is 5.58. The summed E-state index contributed by atoms with van der Waals surface area (Å²) in [6, 6.07) is 18.7. The second-order valence-corrected chi connectivity index (χ2v) is 13.0. The van der Waals surface area contributed by atoms with E-state index in [0.29, 0.717) is 17.1 Å². The van der Waals surface area contributed by atoms with Gasteiger partial charge in [0.1, 0.15) is 12.2 Å². The van der Waals surface area contributed by atoms with Crippen molar-refractivity contribution in [3.8, 4) is 22.9 Å². The minimum Gasteiger partial charge on any atom is -0.488 e. The van der Waals surface area contributed by atoms with E-state index in [1.54, 1.807) is 12.1 Å². The van der Waals surface area contributed by atoms with Crippen molar-refractivity contribution in [3.05, 3.63) is 87.2 Å². The summed E-state index contributed by atoms with van der Waals surface area (Å²) in [5.74, 6) is -0.861. The number of alkyl carbamates (subject to hydrolysis) is 1. The first-order valence-corrected chi connectivity index (χ1v) is 15.9. The number of amides is 1. The topological polar surface area (TPSA) is 92.6 Å². The Morgan fingerprint density at radius 2 is 1.71 bits per heavy atom. The van der Waals surface area contributed by atoms with E-state index in [0.717, 1.165) is 36.8 Å². The van der Waals surface area contributed by atoms with Crippen LogP contribution in [0.3, 0.4) is 0 Å². The highest BCUT2D eigenvalue weighted by atomic mass is 35.5. The van der Waals surface area contributed by atoms with Crippen molar-refractivity contribution in [3.63, 3.8) is 0 Å². The first-order valence-electron chi connectivity index (χ1n) is 15.1. The van der Waals surface area contributed by atoms with Gasteiger partial charge >= 0.3 is 6.09 Å². The molecule has 1 unspecified atom stereocenters. The highest BCUT2D eigenvalue weighted by Gasteiger charge is 2.27. The Bertz CT molecular complexity index is 1500. The molecule has 240 valence electrons. The van der Waals surface area contributed by atoms with E-state index in [1.165, 1.54) is 19.2 Å². The molecule has 1 saturated carbocycles. The third kappa shape index (κ3) is 9.34. The van der Waals surface area contributed by atoms with Crippen molar-refractivity contribution in [2.75, 3.05) is 26.9 Å². The summed E-state index contributed by atoms with van der Waals surface area (Å²) in [7, 11) is 1.53. The molecule has 10 heteroatoms. The van der Waals surface area contributed by atoms with E-state index >= 15 is 4.39 Å². The summed E-state index contributed by atoms with van der Waals surface area (Å²) >= 11 is 13.5. The molecule has 1 fully saturated rings. The number of ether oxygens (including phenoxy) is 3. The van der Waals surface area contributed by atoms with Crippen molar-refractivity contribution in [2.24, 2.45) is 0 Å². The number of carbonyl (C=O) groups excluding carboxylic acids is 1. The molecule has 0 radical (unpaired) electrons. The second kappa shape index (κ2) is 15.8. The quantitative estimate of drug-likeness (QED) is 0.202. The number of nitrogens with one attached hydrogen (secondary N) is 2. The zero-order valence-corrected chi connectivity index (χ0v) is 27.6. The molecule has 0 heterocycles. The molecule has 1 aliphatic carbocycles. The van der Waals surface area contributed by atoms with Crippen molar-refractivity contribution >= 4 is 29.3 Å². The van der Waals surface area contributed by atoms with Crippen LogP contribution in [0.15, 0.2) is 54.6 Å². The molecule has 4 rings (SSSR count). The number of rotatable bonds is 11. The van der Waals surface area contributed by atoms with Gasteiger partial charge in [0, 0.05) is 47.8 Å². The smallest absolute Gasteiger partial charge is 0.407 e. The number of nitriles is 1. The Morgan fingerprint density at radius 3 is 2.36 bits per heavy atom. The lowest BCUT2D eigenvalue weighted by atomic mass is 9.87. The molecule has 0 saturated heterocycles. The molecule has 1 aliphatic rings. The number of methoxy groups -OCH3 is 1. The van der Waals surface area contributed by atoms with Gasteiger partial charge in [-0.25, -0.2) is 9.18 Å². The summed E-state index contributed by atoms with van der Waals surface area (Å²) in [6.45, 7) is 6.55. The number of benzene rings is 3. The normalized spacial score (nSPS) is 17.3. The molecule has 3 aromatic carbocycles. The van der Waals surface area contributed by atoms with Crippen LogP contribution in [-0.2, 0) is 9.47 Å². The van der Waals surface area contributed by atoms with Crippen molar-refractivity contribution < 1.29 is 23.4 Å². The van der Waals surface area contributed by atoms with E-state index in [4.69, 9.17) is 37.4 Å². The van der Waals surface area contributed by atoms with Crippen LogP contribution in [0.25, 0.3) is 11.1 Å². The van der Waals surface area contributed by atoms with Crippen LogP contribution in [0.2, 0.25) is 10.0 Å². The summed E-state index contributed by atoms with van der Waals surface area (Å²) in [5, 5.41) is 17.2. The first-order chi connectivity index (χ1) is 21.5. The van der Waals surface area contributed by atoms with Crippen molar-refractivity contribution in [1.29, 1.82) is 5.26 Å². The van der Waals surface area contributed by atoms with Crippen LogP contribution >= 0.6 is 23.2 Å². The Morgan fingerprint density at radius 1 is 1.02 bits per heavy atom. The molecule has 1 atom stereocenters. The fourth-order valence-corrected chi connectivity index (χ4v) is 6.19. The monoisotopic (exact) mass is 655 g/mol. The highest BCUT2D eigenvalue weighted by molar-refractivity contribution is 6.37. The van der Waals surface area contributed by atoms with Gasteiger partial charge in [0.15, 0.2) is 11.6 Å². The summed E-state index contributed by atoms with van der Waals surface area (Å²) in [6.07, 6.45) is 3.04. The molecule has 1 amide bonds. The van der Waals surface area contributed by atoms with Gasteiger partial charge in [-0.05, 0) is 81.8 Å². The lowest BCUT2D eigenvalue weighted by Gasteiger charge is -2.32. The average Bonchev–Trinajstić information content (AvgIpc) is 2.99. The van der Waals surface area contributed by atoms with E-state index in [2.05, 4.69) is 16.7 Å². The summed E-state index contributed by atoms with van der Waals surface area (Å²) in [5.41, 5.74) is 1.79. The van der Waals surface area contributed by atoms with Crippen LogP contribution in [0.4, 0.5) is 9.18 Å². The summed E-state index contributed by atoms with van der Waals surface area (Å²) in [4.78, 5) is 12.2. The minimum absolute atomic E-state index is 0.00616. The Balaban J connectivity index is 1.58. The van der Waals surface area contributed by atoms with Crippen LogP contribution in [0.1, 0.15) is 69.1 Å². The maximum absolute atomic E-state index is 15.9. The Kier molecular flexibility index (Phi) is 12.1. The van der Waals surface area contributed by atoms with Gasteiger partial charge in [-0.2, -0.15) is 5.26 Å². The lowest BCUT2D eigenvalue weighted by Crippen LogP contribution is -2.44. The number of halogens is 3. The molecule has 0 spiro atoms. The van der Waals surface area contributed by atoms with Gasteiger partial charge in [-0.3, -0.25) is 0 Å². The van der Waals surface area contributed by atoms with E-state index in [9.17, 15) is 10.1 Å². The third-order valence-electron chi connectivity index (χ3n) is 7.76. The fraction of sp³-hybridized carbons (Fsp3) is 0.429. The molecule has 45 heavy (non-hydrogen) atoms. The lowest BCUT2D eigenvalue weighted by molar-refractivity contribution is 0.0489.